The Kier molecular flexibility index (Phi) is 4.55. The van der Waals surface area contributed by atoms with Crippen LogP contribution in [0.4, 0.5) is 0 Å². The molecule has 2 atom stereocenters. The molecule has 0 saturated carbocycles. The van der Waals surface area contributed by atoms with Gasteiger partial charge in [-0.05, 0) is 19.2 Å². The van der Waals surface area contributed by atoms with Crippen molar-refractivity contribution < 1.29 is 4.74 Å². The van der Waals surface area contributed by atoms with Gasteiger partial charge in [-0.15, -0.1) is 0 Å². The molecule has 2 unspecified atom stereocenters. The molecule has 1 saturated heterocycles. The summed E-state index contributed by atoms with van der Waals surface area (Å²) in [5, 5.41) is 4.59. The summed E-state index contributed by atoms with van der Waals surface area (Å²) in [6, 6.07) is 12.9. The van der Waals surface area contributed by atoms with Crippen molar-refractivity contribution >= 4 is 22.7 Å². The number of thioether (sulfide) groups is 1. The molecule has 0 amide bonds. The molecule has 1 aliphatic rings. The van der Waals surface area contributed by atoms with Crippen LogP contribution in [0, 0.1) is 0 Å². The lowest BCUT2D eigenvalue weighted by Crippen LogP contribution is -2.44. The molecule has 3 rings (SSSR count). The number of ether oxygens (including phenoxy) is 1. The van der Waals surface area contributed by atoms with Gasteiger partial charge in [-0.2, -0.15) is 11.8 Å². The maximum atomic E-state index is 5.88. The van der Waals surface area contributed by atoms with Crippen LogP contribution in [0.5, 0.6) is 0 Å². The summed E-state index contributed by atoms with van der Waals surface area (Å²) in [6.45, 7) is 0.860. The van der Waals surface area contributed by atoms with Gasteiger partial charge in [0, 0.05) is 35.0 Å². The monoisotopic (exact) mass is 288 g/mol. The quantitative estimate of drug-likeness (QED) is 0.937. The van der Waals surface area contributed by atoms with Crippen molar-refractivity contribution in [3.8, 4) is 0 Å². The average molecular weight is 288 g/mol. The normalized spacial score (nSPS) is 20.9. The van der Waals surface area contributed by atoms with Crippen molar-refractivity contribution in [2.75, 3.05) is 25.2 Å². The van der Waals surface area contributed by atoms with Gasteiger partial charge >= 0.3 is 0 Å². The summed E-state index contributed by atoms with van der Waals surface area (Å²) < 4.78 is 5.88. The van der Waals surface area contributed by atoms with Crippen LogP contribution in [0.15, 0.2) is 36.4 Å². The predicted molar refractivity (Wildman–Crippen MR) is 85.4 cm³/mol. The molecule has 1 aromatic carbocycles. The maximum absolute atomic E-state index is 5.88. The first-order valence-electron chi connectivity index (χ1n) is 7.08. The molecule has 0 spiro atoms. The van der Waals surface area contributed by atoms with E-state index in [0.717, 1.165) is 35.7 Å². The lowest BCUT2D eigenvalue weighted by atomic mass is 10.0. The van der Waals surface area contributed by atoms with Crippen LogP contribution in [0.1, 0.15) is 5.69 Å². The molecule has 106 valence electrons. The van der Waals surface area contributed by atoms with Gasteiger partial charge in [0.2, 0.25) is 0 Å². The van der Waals surface area contributed by atoms with Crippen LogP contribution >= 0.6 is 11.8 Å². The Morgan fingerprint density at radius 1 is 1.35 bits per heavy atom. The summed E-state index contributed by atoms with van der Waals surface area (Å²) in [7, 11) is 2.01. The maximum Gasteiger partial charge on any atom is 0.0822 e. The van der Waals surface area contributed by atoms with E-state index in [1.54, 1.807) is 0 Å². The number of pyridine rings is 1. The van der Waals surface area contributed by atoms with E-state index >= 15 is 0 Å². The second kappa shape index (κ2) is 6.57. The highest BCUT2D eigenvalue weighted by molar-refractivity contribution is 7.99. The molecule has 3 nitrogen and oxygen atoms in total. The number of hydrogen-bond acceptors (Lipinski definition) is 4. The van der Waals surface area contributed by atoms with E-state index in [0.29, 0.717) is 6.04 Å². The molecule has 0 radical (unpaired) electrons. The number of nitrogens with one attached hydrogen (secondary N) is 1. The molecule has 1 N–H and O–H groups in total. The Labute approximate surface area is 124 Å². The van der Waals surface area contributed by atoms with Crippen LogP contribution in [0.3, 0.4) is 0 Å². The lowest BCUT2D eigenvalue weighted by molar-refractivity contribution is 0.0490. The van der Waals surface area contributed by atoms with E-state index < -0.39 is 0 Å². The number of likely N-dealkylation sites (N-methyl/N-ethyl adjacent to an activating group) is 1. The van der Waals surface area contributed by atoms with Crippen molar-refractivity contribution in [1.82, 2.24) is 10.3 Å². The zero-order chi connectivity index (χ0) is 13.8. The fraction of sp³-hybridized carbons (Fsp3) is 0.438. The number of aromatic nitrogens is 1. The van der Waals surface area contributed by atoms with E-state index in [2.05, 4.69) is 29.6 Å². The largest absolute Gasteiger partial charge is 0.375 e. The molecule has 2 heterocycles. The van der Waals surface area contributed by atoms with Crippen LogP contribution in [0.25, 0.3) is 10.9 Å². The van der Waals surface area contributed by atoms with Crippen molar-refractivity contribution in [1.29, 1.82) is 0 Å². The fourth-order valence-corrected chi connectivity index (χ4v) is 3.55. The second-order valence-corrected chi connectivity index (χ2v) is 6.23. The third-order valence-electron chi connectivity index (χ3n) is 3.75. The van der Waals surface area contributed by atoms with Crippen molar-refractivity contribution in [3.05, 3.63) is 42.1 Å². The first-order chi connectivity index (χ1) is 9.86. The molecule has 1 aliphatic heterocycles. The van der Waals surface area contributed by atoms with Gasteiger partial charge in [0.15, 0.2) is 0 Å². The Morgan fingerprint density at radius 3 is 3.05 bits per heavy atom. The topological polar surface area (TPSA) is 34.2 Å². The fourth-order valence-electron chi connectivity index (χ4n) is 2.60. The summed E-state index contributed by atoms with van der Waals surface area (Å²) in [6.07, 6.45) is 1.19. The van der Waals surface area contributed by atoms with Gasteiger partial charge in [0.25, 0.3) is 0 Å². The summed E-state index contributed by atoms with van der Waals surface area (Å²) >= 11 is 1.97. The number of para-hydroxylation sites is 1. The van der Waals surface area contributed by atoms with Crippen LogP contribution < -0.4 is 5.32 Å². The third-order valence-corrected chi connectivity index (χ3v) is 4.77. The van der Waals surface area contributed by atoms with Gasteiger partial charge in [-0.25, -0.2) is 0 Å². The zero-order valence-corrected chi connectivity index (χ0v) is 12.5. The highest BCUT2D eigenvalue weighted by atomic mass is 32.2. The van der Waals surface area contributed by atoms with Gasteiger partial charge in [0.05, 0.1) is 18.2 Å². The van der Waals surface area contributed by atoms with E-state index in [-0.39, 0.29) is 6.10 Å². The molecular weight excluding hydrogens is 268 g/mol. The standard InChI is InChI=1S/C16H20N2OS/c1-17-15(16-11-20-9-8-19-16)10-13-7-6-12-4-2-3-5-14(12)18-13/h2-7,15-17H,8-11H2,1H3. The molecular formula is C16H20N2OS. The van der Waals surface area contributed by atoms with Gasteiger partial charge in [0.1, 0.15) is 0 Å². The van der Waals surface area contributed by atoms with Crippen LogP contribution in [-0.4, -0.2) is 42.3 Å². The van der Waals surface area contributed by atoms with Gasteiger partial charge < -0.3 is 10.1 Å². The Morgan fingerprint density at radius 2 is 2.25 bits per heavy atom. The van der Waals surface area contributed by atoms with E-state index in [1.807, 2.05) is 30.9 Å². The van der Waals surface area contributed by atoms with Crippen LogP contribution in [0.2, 0.25) is 0 Å². The minimum Gasteiger partial charge on any atom is -0.375 e. The molecule has 4 heteroatoms. The molecule has 0 aliphatic carbocycles. The second-order valence-electron chi connectivity index (χ2n) is 5.08. The Balaban J connectivity index is 1.76. The number of nitrogens with zero attached hydrogens (tertiary/aromatic N) is 1. The molecule has 2 aromatic rings. The molecule has 1 aromatic heterocycles. The smallest absolute Gasteiger partial charge is 0.0822 e. The van der Waals surface area contributed by atoms with Gasteiger partial charge in [-0.3, -0.25) is 4.98 Å². The summed E-state index contributed by atoms with van der Waals surface area (Å²) in [5.41, 5.74) is 2.20. The number of fused-ring (bicyclic) bond motifs is 1. The Bertz CT molecular complexity index is 569. The predicted octanol–water partition coefficient (Wildman–Crippen LogP) is 2.50. The Hall–Kier alpha value is -1.10. The molecule has 0 bridgehead atoms. The minimum atomic E-state index is 0.284. The summed E-state index contributed by atoms with van der Waals surface area (Å²) in [4.78, 5) is 4.76. The lowest BCUT2D eigenvalue weighted by Gasteiger charge is -2.29. The highest BCUT2D eigenvalue weighted by Crippen LogP contribution is 2.19. The first kappa shape index (κ1) is 13.9. The van der Waals surface area contributed by atoms with Crippen molar-refractivity contribution in [2.45, 2.75) is 18.6 Å². The summed E-state index contributed by atoms with van der Waals surface area (Å²) in [5.74, 6) is 2.18. The molecule has 20 heavy (non-hydrogen) atoms. The van der Waals surface area contributed by atoms with Gasteiger partial charge in [-0.1, -0.05) is 24.3 Å². The van der Waals surface area contributed by atoms with Crippen LogP contribution in [-0.2, 0) is 11.2 Å². The highest BCUT2D eigenvalue weighted by Gasteiger charge is 2.24. The van der Waals surface area contributed by atoms with Crippen molar-refractivity contribution in [2.24, 2.45) is 0 Å². The van der Waals surface area contributed by atoms with E-state index in [4.69, 9.17) is 9.72 Å². The van der Waals surface area contributed by atoms with Crippen molar-refractivity contribution in [3.63, 3.8) is 0 Å². The first-order valence-corrected chi connectivity index (χ1v) is 8.23. The minimum absolute atomic E-state index is 0.284. The average Bonchev–Trinajstić information content (AvgIpc) is 2.53. The van der Waals surface area contributed by atoms with E-state index in [1.165, 1.54) is 5.39 Å². The zero-order valence-electron chi connectivity index (χ0n) is 11.7. The number of hydrogen-bond donors (Lipinski definition) is 1. The number of rotatable bonds is 4. The number of benzene rings is 1. The molecule has 1 fully saturated rings. The van der Waals surface area contributed by atoms with E-state index in [9.17, 15) is 0 Å². The third kappa shape index (κ3) is 3.14. The SMILES string of the molecule is CNC(Cc1ccc2ccccc2n1)C1CSCCO1.